The topological polar surface area (TPSA) is 71.5 Å². The Kier molecular flexibility index (Phi) is 6.11. The minimum Gasteiger partial charge on any atom is -0.481 e. The Morgan fingerprint density at radius 3 is 2.44 bits per heavy atom. The van der Waals surface area contributed by atoms with Crippen molar-refractivity contribution >= 4 is 5.91 Å². The van der Waals surface area contributed by atoms with Gasteiger partial charge in [-0.25, -0.2) is 4.98 Å². The molecule has 0 spiro atoms. The molecule has 0 bridgehead atoms. The smallest absolute Gasteiger partial charge is 0.251 e. The van der Waals surface area contributed by atoms with E-state index in [4.69, 9.17) is 4.74 Å². The number of hydrogen-bond acceptors (Lipinski definition) is 4. The van der Waals surface area contributed by atoms with Crippen LogP contribution in [0.1, 0.15) is 54.2 Å². The van der Waals surface area contributed by atoms with Gasteiger partial charge in [-0.1, -0.05) is 32.0 Å². The van der Waals surface area contributed by atoms with Gasteiger partial charge in [0.05, 0.1) is 19.3 Å². The number of aliphatic hydroxyl groups is 1. The second-order valence-electron chi connectivity index (χ2n) is 7.77. The zero-order chi connectivity index (χ0) is 19.4. The van der Waals surface area contributed by atoms with Crippen LogP contribution >= 0.6 is 0 Å². The van der Waals surface area contributed by atoms with Crippen molar-refractivity contribution < 1.29 is 14.6 Å². The van der Waals surface area contributed by atoms with Crippen LogP contribution in [-0.4, -0.2) is 29.2 Å². The molecular formula is C22H28N2O3. The van der Waals surface area contributed by atoms with Gasteiger partial charge in [0.15, 0.2) is 0 Å². The number of carbonyl (C=O) groups excluding carboxylic acids is 1. The second kappa shape index (κ2) is 8.53. The Morgan fingerprint density at radius 1 is 1.22 bits per heavy atom. The summed E-state index contributed by atoms with van der Waals surface area (Å²) in [5.74, 6) is 1.23. The van der Waals surface area contributed by atoms with E-state index in [1.165, 1.54) is 5.56 Å². The predicted molar refractivity (Wildman–Crippen MR) is 105 cm³/mol. The highest BCUT2D eigenvalue weighted by atomic mass is 16.5. The first-order chi connectivity index (χ1) is 13.0. The van der Waals surface area contributed by atoms with Crippen LogP contribution in [-0.2, 0) is 6.42 Å². The molecule has 1 aliphatic carbocycles. The molecule has 2 N–H and O–H groups in total. The number of rotatable bonds is 7. The number of aromatic nitrogens is 1. The molecule has 3 rings (SSSR count). The van der Waals surface area contributed by atoms with E-state index in [1.807, 2.05) is 30.3 Å². The van der Waals surface area contributed by atoms with Crippen LogP contribution in [0.15, 0.2) is 42.6 Å². The van der Waals surface area contributed by atoms with E-state index >= 15 is 0 Å². The van der Waals surface area contributed by atoms with Crippen molar-refractivity contribution in [2.24, 2.45) is 11.8 Å². The van der Waals surface area contributed by atoms with E-state index < -0.39 is 0 Å². The lowest BCUT2D eigenvalue weighted by atomic mass is 9.75. The molecule has 5 nitrogen and oxygen atoms in total. The maximum atomic E-state index is 12.8. The molecule has 1 amide bonds. The molecule has 1 atom stereocenters. The average molecular weight is 368 g/mol. The summed E-state index contributed by atoms with van der Waals surface area (Å²) in [6.07, 6.45) is 3.83. The minimum atomic E-state index is -0.282. The molecule has 2 aromatic rings. The van der Waals surface area contributed by atoms with Gasteiger partial charge in [-0.15, -0.1) is 0 Å². The summed E-state index contributed by atoms with van der Waals surface area (Å²) in [6.45, 7) is 4.36. The highest BCUT2D eigenvalue weighted by molar-refractivity contribution is 5.94. The third-order valence-electron chi connectivity index (χ3n) is 5.10. The molecule has 0 aliphatic heterocycles. The normalized spacial score (nSPS) is 20.0. The summed E-state index contributed by atoms with van der Waals surface area (Å²) in [5, 5.41) is 12.8. The molecule has 1 aromatic carbocycles. The van der Waals surface area contributed by atoms with Gasteiger partial charge in [0, 0.05) is 17.8 Å². The highest BCUT2D eigenvalue weighted by Gasteiger charge is 2.36. The van der Waals surface area contributed by atoms with Crippen molar-refractivity contribution in [1.29, 1.82) is 0 Å². The molecule has 27 heavy (non-hydrogen) atoms. The first kappa shape index (κ1) is 19.4. The summed E-state index contributed by atoms with van der Waals surface area (Å²) in [5.41, 5.74) is 2.81. The zero-order valence-corrected chi connectivity index (χ0v) is 16.2. The Morgan fingerprint density at radius 2 is 1.93 bits per heavy atom. The molecule has 1 heterocycles. The second-order valence-corrected chi connectivity index (χ2v) is 7.77. The summed E-state index contributed by atoms with van der Waals surface area (Å²) in [7, 11) is 1.58. The van der Waals surface area contributed by atoms with Gasteiger partial charge in [0.1, 0.15) is 0 Å². The molecular weight excluding hydrogens is 340 g/mol. The number of pyridine rings is 1. The number of aliphatic hydroxyl groups excluding tert-OH is 1. The number of ether oxygens (including phenoxy) is 1. The number of benzene rings is 1. The number of methoxy groups -OCH3 is 1. The lowest BCUT2D eigenvalue weighted by Gasteiger charge is -2.38. The van der Waals surface area contributed by atoms with Crippen LogP contribution in [0.2, 0.25) is 0 Å². The fraction of sp³-hybridized carbons (Fsp3) is 0.455. The van der Waals surface area contributed by atoms with E-state index in [0.29, 0.717) is 30.2 Å². The SMILES string of the molecule is COc1ccc(C(NC(=O)c2ccc(CC(C)C)cc2)C2CC(O)C2)cn1. The molecule has 144 valence electrons. The van der Waals surface area contributed by atoms with Crippen LogP contribution < -0.4 is 10.1 Å². The number of nitrogens with zero attached hydrogens (tertiary/aromatic N) is 1. The molecule has 1 aliphatic rings. The van der Waals surface area contributed by atoms with Gasteiger partial charge in [0.2, 0.25) is 5.88 Å². The van der Waals surface area contributed by atoms with Gasteiger partial charge in [0.25, 0.3) is 5.91 Å². The zero-order valence-electron chi connectivity index (χ0n) is 16.2. The summed E-state index contributed by atoms with van der Waals surface area (Å²) in [6, 6.07) is 11.3. The van der Waals surface area contributed by atoms with E-state index in [9.17, 15) is 9.90 Å². The number of carbonyl (C=O) groups is 1. The molecule has 1 fully saturated rings. The van der Waals surface area contributed by atoms with Crippen molar-refractivity contribution in [3.63, 3.8) is 0 Å². The molecule has 0 saturated heterocycles. The van der Waals surface area contributed by atoms with Gasteiger partial charge in [-0.2, -0.15) is 0 Å². The maximum Gasteiger partial charge on any atom is 0.251 e. The first-order valence-corrected chi connectivity index (χ1v) is 9.54. The molecule has 0 radical (unpaired) electrons. The fourth-order valence-electron chi connectivity index (χ4n) is 3.56. The van der Waals surface area contributed by atoms with Gasteiger partial charge in [-0.05, 0) is 54.4 Å². The third kappa shape index (κ3) is 4.86. The lowest BCUT2D eigenvalue weighted by molar-refractivity contribution is 0.0234. The summed E-state index contributed by atoms with van der Waals surface area (Å²) < 4.78 is 5.12. The Labute approximate surface area is 160 Å². The highest BCUT2D eigenvalue weighted by Crippen LogP contribution is 2.38. The van der Waals surface area contributed by atoms with Crippen molar-refractivity contribution in [2.45, 2.75) is 45.3 Å². The van der Waals surface area contributed by atoms with E-state index in [-0.39, 0.29) is 24.0 Å². The first-order valence-electron chi connectivity index (χ1n) is 9.54. The molecule has 5 heteroatoms. The van der Waals surface area contributed by atoms with E-state index in [1.54, 1.807) is 19.4 Å². The molecule has 1 saturated carbocycles. The van der Waals surface area contributed by atoms with Crippen LogP contribution in [0, 0.1) is 11.8 Å². The van der Waals surface area contributed by atoms with Crippen molar-refractivity contribution in [3.05, 3.63) is 59.3 Å². The Bertz CT molecular complexity index is 750. The standard InChI is InChI=1S/C22H28N2O3/c1-14(2)10-15-4-6-16(7-5-15)22(26)24-21(18-11-19(25)12-18)17-8-9-20(27-3)23-13-17/h4-9,13-14,18-19,21,25H,10-12H2,1-3H3,(H,24,26). The van der Waals surface area contributed by atoms with E-state index in [2.05, 4.69) is 24.1 Å². The van der Waals surface area contributed by atoms with Crippen molar-refractivity contribution in [3.8, 4) is 5.88 Å². The average Bonchev–Trinajstić information content (AvgIpc) is 2.64. The third-order valence-corrected chi connectivity index (χ3v) is 5.10. The summed E-state index contributed by atoms with van der Waals surface area (Å²) in [4.78, 5) is 17.1. The quantitative estimate of drug-likeness (QED) is 0.784. The lowest BCUT2D eigenvalue weighted by Crippen LogP contribution is -2.41. The van der Waals surface area contributed by atoms with Crippen LogP contribution in [0.5, 0.6) is 5.88 Å². The number of amides is 1. The minimum absolute atomic E-state index is 0.103. The van der Waals surface area contributed by atoms with Gasteiger partial charge in [-0.3, -0.25) is 4.79 Å². The number of hydrogen-bond donors (Lipinski definition) is 2. The van der Waals surface area contributed by atoms with Gasteiger partial charge >= 0.3 is 0 Å². The Hall–Kier alpha value is -2.40. The predicted octanol–water partition coefficient (Wildman–Crippen LogP) is 3.53. The number of nitrogens with one attached hydrogen (secondary N) is 1. The largest absolute Gasteiger partial charge is 0.481 e. The Balaban J connectivity index is 1.73. The fourth-order valence-corrected chi connectivity index (χ4v) is 3.56. The maximum absolute atomic E-state index is 12.8. The van der Waals surface area contributed by atoms with Crippen LogP contribution in [0.3, 0.4) is 0 Å². The van der Waals surface area contributed by atoms with Crippen molar-refractivity contribution in [2.75, 3.05) is 7.11 Å². The van der Waals surface area contributed by atoms with Crippen molar-refractivity contribution in [1.82, 2.24) is 10.3 Å². The molecule has 1 aromatic heterocycles. The van der Waals surface area contributed by atoms with Crippen LogP contribution in [0.4, 0.5) is 0 Å². The molecule has 1 unspecified atom stereocenters. The summed E-state index contributed by atoms with van der Waals surface area (Å²) >= 11 is 0. The van der Waals surface area contributed by atoms with Crippen LogP contribution in [0.25, 0.3) is 0 Å². The van der Waals surface area contributed by atoms with Gasteiger partial charge < -0.3 is 15.2 Å². The monoisotopic (exact) mass is 368 g/mol. The van der Waals surface area contributed by atoms with E-state index in [0.717, 1.165) is 12.0 Å².